The third kappa shape index (κ3) is 3.85. The highest BCUT2D eigenvalue weighted by Gasteiger charge is 2.35. The van der Waals surface area contributed by atoms with Crippen molar-refractivity contribution >= 4 is 6.09 Å². The summed E-state index contributed by atoms with van der Waals surface area (Å²) in [5.41, 5.74) is -0.413. The number of hydrogen-bond donors (Lipinski definition) is 2. The number of ether oxygens (including phenoxy) is 1. The van der Waals surface area contributed by atoms with Gasteiger partial charge in [-0.2, -0.15) is 0 Å². The zero-order valence-corrected chi connectivity index (χ0v) is 10.8. The molecule has 5 nitrogen and oxygen atoms in total. The van der Waals surface area contributed by atoms with Crippen molar-refractivity contribution in [3.8, 4) is 0 Å². The van der Waals surface area contributed by atoms with Gasteiger partial charge in [-0.3, -0.25) is 4.90 Å². The molecule has 0 saturated carbocycles. The van der Waals surface area contributed by atoms with E-state index in [0.29, 0.717) is 13.0 Å². The maximum atomic E-state index is 11.3. The smallest absolute Gasteiger partial charge is 0.408 e. The topological polar surface area (TPSA) is 70.0 Å². The first-order valence-electron chi connectivity index (χ1n) is 6.11. The molecule has 5 heteroatoms. The lowest BCUT2D eigenvalue weighted by molar-refractivity contribution is -0.0568. The minimum absolute atomic E-state index is 0.0758. The van der Waals surface area contributed by atoms with Crippen molar-refractivity contribution in [1.29, 1.82) is 0 Å². The van der Waals surface area contributed by atoms with Crippen molar-refractivity contribution in [1.82, 2.24) is 4.90 Å². The van der Waals surface area contributed by atoms with Gasteiger partial charge in [-0.25, -0.2) is 4.79 Å². The van der Waals surface area contributed by atoms with Crippen LogP contribution in [0.3, 0.4) is 0 Å². The Morgan fingerprint density at radius 1 is 1.41 bits per heavy atom. The summed E-state index contributed by atoms with van der Waals surface area (Å²) in [7, 11) is 0. The van der Waals surface area contributed by atoms with E-state index in [1.165, 1.54) is 4.90 Å². The molecule has 0 bridgehead atoms. The van der Waals surface area contributed by atoms with Crippen molar-refractivity contribution < 1.29 is 19.7 Å². The quantitative estimate of drug-likeness (QED) is 0.794. The van der Waals surface area contributed by atoms with Crippen LogP contribution in [-0.2, 0) is 4.74 Å². The molecule has 0 aromatic heterocycles. The minimum atomic E-state index is -0.897. The molecule has 1 saturated heterocycles. The van der Waals surface area contributed by atoms with Crippen molar-refractivity contribution in [2.24, 2.45) is 0 Å². The van der Waals surface area contributed by atoms with Gasteiger partial charge in [0, 0.05) is 12.1 Å². The molecule has 1 rings (SSSR count). The van der Waals surface area contributed by atoms with Gasteiger partial charge < -0.3 is 14.9 Å². The summed E-state index contributed by atoms with van der Waals surface area (Å²) in [6.07, 6.45) is 1.42. The Morgan fingerprint density at radius 3 is 2.41 bits per heavy atom. The Bertz CT molecular complexity index is 254. The molecule has 2 atom stereocenters. The predicted molar refractivity (Wildman–Crippen MR) is 64.1 cm³/mol. The van der Waals surface area contributed by atoms with Gasteiger partial charge in [-0.15, -0.1) is 0 Å². The summed E-state index contributed by atoms with van der Waals surface area (Å²) in [5, 5.41) is 18.1. The maximum absolute atomic E-state index is 11.3. The molecule has 0 aromatic carbocycles. The largest absolute Gasteiger partial charge is 0.465 e. The molecular formula is C12H23NO4. The number of rotatable bonds is 3. The second-order valence-corrected chi connectivity index (χ2v) is 5.52. The molecule has 0 aliphatic carbocycles. The Morgan fingerprint density at radius 2 is 2.06 bits per heavy atom. The number of amides is 1. The Kier molecular flexibility index (Phi) is 4.77. The number of aliphatic hydroxyl groups is 1. The van der Waals surface area contributed by atoms with Crippen LogP contribution in [0.5, 0.6) is 0 Å². The van der Waals surface area contributed by atoms with Crippen LogP contribution >= 0.6 is 0 Å². The van der Waals surface area contributed by atoms with Gasteiger partial charge >= 0.3 is 6.09 Å². The van der Waals surface area contributed by atoms with Crippen LogP contribution in [0.15, 0.2) is 0 Å². The van der Waals surface area contributed by atoms with Gasteiger partial charge in [0.2, 0.25) is 0 Å². The third-order valence-electron chi connectivity index (χ3n) is 3.09. The molecule has 1 heterocycles. The molecule has 1 aliphatic rings. The number of aliphatic hydroxyl groups excluding tert-OH is 1. The van der Waals surface area contributed by atoms with Crippen molar-refractivity contribution in [2.45, 2.75) is 57.7 Å². The van der Waals surface area contributed by atoms with Gasteiger partial charge in [0.15, 0.2) is 0 Å². The molecule has 0 unspecified atom stereocenters. The fourth-order valence-electron chi connectivity index (χ4n) is 2.36. The summed E-state index contributed by atoms with van der Waals surface area (Å²) < 4.78 is 5.59. The number of carboxylic acid groups (broad SMARTS) is 1. The zero-order chi connectivity index (χ0) is 13.1. The lowest BCUT2D eigenvalue weighted by Gasteiger charge is -2.42. The second-order valence-electron chi connectivity index (χ2n) is 5.52. The van der Waals surface area contributed by atoms with Gasteiger partial charge in [0.1, 0.15) is 0 Å². The Balaban J connectivity index is 2.59. The molecule has 0 spiro atoms. The lowest BCUT2D eigenvalue weighted by atomic mass is 9.97. The van der Waals surface area contributed by atoms with Crippen LogP contribution in [0.2, 0.25) is 0 Å². The molecule has 2 N–H and O–H groups in total. The van der Waals surface area contributed by atoms with E-state index in [-0.39, 0.29) is 18.8 Å². The first kappa shape index (κ1) is 14.3. The number of hydrogen-bond acceptors (Lipinski definition) is 3. The Labute approximate surface area is 102 Å². The molecule has 0 radical (unpaired) electrons. The summed E-state index contributed by atoms with van der Waals surface area (Å²) in [6.45, 7) is 6.22. The van der Waals surface area contributed by atoms with E-state index in [2.05, 4.69) is 0 Å². The average Bonchev–Trinajstić information content (AvgIpc) is 2.18. The molecule has 17 heavy (non-hydrogen) atoms. The van der Waals surface area contributed by atoms with Gasteiger partial charge in [-0.05, 0) is 40.0 Å². The molecule has 0 aromatic rings. The van der Waals surface area contributed by atoms with Gasteiger partial charge in [0.25, 0.3) is 0 Å². The Hall–Kier alpha value is -0.810. The van der Waals surface area contributed by atoms with E-state index >= 15 is 0 Å². The van der Waals surface area contributed by atoms with Crippen LogP contribution in [0.4, 0.5) is 4.79 Å². The van der Waals surface area contributed by atoms with E-state index < -0.39 is 11.6 Å². The molecule has 1 fully saturated rings. The predicted octanol–water partition coefficient (Wildman–Crippen LogP) is 1.69. The van der Waals surface area contributed by atoms with E-state index in [1.807, 2.05) is 20.8 Å². The van der Waals surface area contributed by atoms with Crippen molar-refractivity contribution in [3.63, 3.8) is 0 Å². The van der Waals surface area contributed by atoms with E-state index in [4.69, 9.17) is 9.84 Å². The first-order valence-corrected chi connectivity index (χ1v) is 6.11. The molecular weight excluding hydrogens is 222 g/mol. The summed E-state index contributed by atoms with van der Waals surface area (Å²) in [4.78, 5) is 12.8. The van der Waals surface area contributed by atoms with E-state index in [9.17, 15) is 9.90 Å². The fraction of sp³-hybridized carbons (Fsp3) is 0.917. The number of carbonyl (C=O) groups is 1. The fourth-order valence-corrected chi connectivity index (χ4v) is 2.36. The highest BCUT2D eigenvalue weighted by Crippen LogP contribution is 2.25. The second kappa shape index (κ2) is 5.69. The first-order chi connectivity index (χ1) is 7.86. The van der Waals surface area contributed by atoms with Crippen LogP contribution in [0.25, 0.3) is 0 Å². The maximum Gasteiger partial charge on any atom is 0.408 e. The SMILES string of the molecule is CC(C)(C)N(C(=O)O)[C@@H]1CC[C@@H](CCO)OC1. The molecule has 100 valence electrons. The van der Waals surface area contributed by atoms with Gasteiger partial charge in [0.05, 0.1) is 18.8 Å². The minimum Gasteiger partial charge on any atom is -0.465 e. The monoisotopic (exact) mass is 245 g/mol. The average molecular weight is 245 g/mol. The van der Waals surface area contributed by atoms with Crippen molar-refractivity contribution in [3.05, 3.63) is 0 Å². The van der Waals surface area contributed by atoms with Crippen LogP contribution < -0.4 is 0 Å². The third-order valence-corrected chi connectivity index (χ3v) is 3.09. The molecule has 1 aliphatic heterocycles. The van der Waals surface area contributed by atoms with Crippen LogP contribution in [-0.4, -0.2) is 52.1 Å². The number of nitrogens with zero attached hydrogens (tertiary/aromatic N) is 1. The highest BCUT2D eigenvalue weighted by molar-refractivity contribution is 5.66. The summed E-state index contributed by atoms with van der Waals surface area (Å²) in [6, 6.07) is -0.0811. The van der Waals surface area contributed by atoms with Crippen LogP contribution in [0.1, 0.15) is 40.0 Å². The van der Waals surface area contributed by atoms with E-state index in [0.717, 1.165) is 12.8 Å². The lowest BCUT2D eigenvalue weighted by Crippen LogP contribution is -2.54. The van der Waals surface area contributed by atoms with E-state index in [1.54, 1.807) is 0 Å². The normalized spacial score (nSPS) is 25.6. The van der Waals surface area contributed by atoms with Crippen LogP contribution in [0, 0.1) is 0 Å². The standard InChI is InChI=1S/C12H23NO4/c1-12(2,3)13(11(15)16)9-4-5-10(6-7-14)17-8-9/h9-10,14H,4-8H2,1-3H3,(H,15,16)/t9-,10+/m1/s1. The summed E-state index contributed by atoms with van der Waals surface area (Å²) >= 11 is 0. The van der Waals surface area contributed by atoms with Crippen molar-refractivity contribution in [2.75, 3.05) is 13.2 Å². The molecule has 1 amide bonds. The van der Waals surface area contributed by atoms with Gasteiger partial charge in [-0.1, -0.05) is 0 Å². The summed E-state index contributed by atoms with van der Waals surface area (Å²) in [5.74, 6) is 0. The highest BCUT2D eigenvalue weighted by atomic mass is 16.5. The zero-order valence-electron chi connectivity index (χ0n) is 10.8.